The average molecular weight is 455 g/mol. The number of nitrogens with zero attached hydrogens (tertiary/aromatic N) is 5. The first-order chi connectivity index (χ1) is 15.3. The zero-order valence-corrected chi connectivity index (χ0v) is 19.8. The zero-order valence-electron chi connectivity index (χ0n) is 19.0. The molecule has 3 unspecified atom stereocenters. The molecule has 2 aromatic rings. The third-order valence-electron chi connectivity index (χ3n) is 7.29. The van der Waals surface area contributed by atoms with Crippen LogP contribution >= 0.6 is 11.6 Å². The molecule has 1 N–H and O–H groups in total. The van der Waals surface area contributed by atoms with E-state index in [2.05, 4.69) is 44.0 Å². The van der Waals surface area contributed by atoms with Crippen LogP contribution in [0.5, 0.6) is 0 Å². The van der Waals surface area contributed by atoms with Gasteiger partial charge in [-0.3, -0.25) is 14.5 Å². The van der Waals surface area contributed by atoms with Crippen LogP contribution in [0.3, 0.4) is 0 Å². The standard InChI is InChI=1S/C24H31ClN6O/c1-24(2)11-21-18(12-28-31(21)14-24)17-10-22(26-13-19(17)25)29-23(32)16-6-4-5-15(9-16)20-7-8-27-30(20)3/h8,10,12-13,15-16,20H,4-7,9,11,14H2,1-3H3,(H,26,29,32). The van der Waals surface area contributed by atoms with Crippen molar-refractivity contribution in [2.75, 3.05) is 12.4 Å². The van der Waals surface area contributed by atoms with E-state index in [4.69, 9.17) is 11.6 Å². The van der Waals surface area contributed by atoms with E-state index >= 15 is 0 Å². The molecule has 0 saturated heterocycles. The number of hydrogen-bond donors (Lipinski definition) is 1. The molecular weight excluding hydrogens is 424 g/mol. The highest BCUT2D eigenvalue weighted by Crippen LogP contribution is 2.40. The van der Waals surface area contributed by atoms with E-state index in [1.54, 1.807) is 6.20 Å². The molecule has 1 aliphatic carbocycles. The van der Waals surface area contributed by atoms with Crippen molar-refractivity contribution in [1.82, 2.24) is 19.8 Å². The Balaban J connectivity index is 1.31. The molecule has 7 nitrogen and oxygen atoms in total. The van der Waals surface area contributed by atoms with Gasteiger partial charge in [0.15, 0.2) is 0 Å². The maximum Gasteiger partial charge on any atom is 0.228 e. The molecular formula is C24H31ClN6O. The van der Waals surface area contributed by atoms with Crippen LogP contribution in [0.4, 0.5) is 5.82 Å². The second kappa shape index (κ2) is 8.18. The Kier molecular flexibility index (Phi) is 5.48. The minimum Gasteiger partial charge on any atom is -0.310 e. The number of amides is 1. The van der Waals surface area contributed by atoms with Crippen LogP contribution in [0.2, 0.25) is 5.02 Å². The predicted octanol–water partition coefficient (Wildman–Crippen LogP) is 4.62. The van der Waals surface area contributed by atoms with Gasteiger partial charge in [0.25, 0.3) is 0 Å². The lowest BCUT2D eigenvalue weighted by atomic mass is 9.76. The summed E-state index contributed by atoms with van der Waals surface area (Å²) < 4.78 is 2.07. The lowest BCUT2D eigenvalue weighted by molar-refractivity contribution is -0.121. The van der Waals surface area contributed by atoms with E-state index in [0.717, 1.165) is 56.2 Å². The summed E-state index contributed by atoms with van der Waals surface area (Å²) in [5, 5.41) is 14.6. The maximum atomic E-state index is 13.1. The van der Waals surface area contributed by atoms with E-state index in [-0.39, 0.29) is 17.2 Å². The number of aromatic nitrogens is 3. The predicted molar refractivity (Wildman–Crippen MR) is 127 cm³/mol. The third kappa shape index (κ3) is 4.03. The highest BCUT2D eigenvalue weighted by Gasteiger charge is 2.35. The summed E-state index contributed by atoms with van der Waals surface area (Å²) in [6.45, 7) is 5.40. The molecule has 1 amide bonds. The summed E-state index contributed by atoms with van der Waals surface area (Å²) in [4.78, 5) is 17.5. The number of halogens is 1. The number of carbonyl (C=O) groups excluding carboxylic acids is 1. The molecule has 3 atom stereocenters. The van der Waals surface area contributed by atoms with Crippen molar-refractivity contribution >= 4 is 29.5 Å². The number of anilines is 1. The first kappa shape index (κ1) is 21.4. The molecule has 1 fully saturated rings. The number of hydrogen-bond acceptors (Lipinski definition) is 5. The topological polar surface area (TPSA) is 75.4 Å². The summed E-state index contributed by atoms with van der Waals surface area (Å²) in [6.07, 6.45) is 11.5. The number of rotatable bonds is 4. The van der Waals surface area contributed by atoms with Crippen molar-refractivity contribution in [2.24, 2.45) is 22.4 Å². The Labute approximate surface area is 194 Å². The van der Waals surface area contributed by atoms with Crippen molar-refractivity contribution in [3.63, 3.8) is 0 Å². The van der Waals surface area contributed by atoms with Gasteiger partial charge in [0, 0.05) is 55.2 Å². The quantitative estimate of drug-likeness (QED) is 0.731. The van der Waals surface area contributed by atoms with Gasteiger partial charge in [-0.1, -0.05) is 31.9 Å². The molecule has 1 saturated carbocycles. The Morgan fingerprint density at radius 2 is 2.09 bits per heavy atom. The van der Waals surface area contributed by atoms with Crippen molar-refractivity contribution in [1.29, 1.82) is 0 Å². The van der Waals surface area contributed by atoms with E-state index in [1.807, 2.05) is 25.5 Å². The Morgan fingerprint density at radius 3 is 2.88 bits per heavy atom. The van der Waals surface area contributed by atoms with Gasteiger partial charge in [-0.15, -0.1) is 0 Å². The summed E-state index contributed by atoms with van der Waals surface area (Å²) in [5.74, 6) is 1.11. The smallest absolute Gasteiger partial charge is 0.228 e. The van der Waals surface area contributed by atoms with Crippen LogP contribution in [0.1, 0.15) is 51.6 Å². The Bertz CT molecular complexity index is 1060. The number of carbonyl (C=O) groups is 1. The minimum atomic E-state index is 0.00451. The van der Waals surface area contributed by atoms with Gasteiger partial charge < -0.3 is 5.32 Å². The molecule has 32 heavy (non-hydrogen) atoms. The van der Waals surface area contributed by atoms with Gasteiger partial charge in [0.1, 0.15) is 5.82 Å². The van der Waals surface area contributed by atoms with Crippen LogP contribution in [0.15, 0.2) is 23.6 Å². The van der Waals surface area contributed by atoms with E-state index in [1.165, 1.54) is 5.69 Å². The number of nitrogens with one attached hydrogen (secondary N) is 1. The van der Waals surface area contributed by atoms with Crippen LogP contribution in [-0.4, -0.2) is 45.0 Å². The largest absolute Gasteiger partial charge is 0.310 e. The Hall–Kier alpha value is -2.41. The summed E-state index contributed by atoms with van der Waals surface area (Å²) in [5.41, 5.74) is 3.28. The van der Waals surface area contributed by atoms with Crippen LogP contribution in [0.25, 0.3) is 11.1 Å². The van der Waals surface area contributed by atoms with Crippen LogP contribution < -0.4 is 5.32 Å². The fraction of sp³-hybridized carbons (Fsp3) is 0.583. The molecule has 0 bridgehead atoms. The van der Waals surface area contributed by atoms with Gasteiger partial charge >= 0.3 is 0 Å². The van der Waals surface area contributed by atoms with Crippen molar-refractivity contribution in [3.05, 3.63) is 29.2 Å². The molecule has 2 aromatic heterocycles. The third-order valence-corrected chi connectivity index (χ3v) is 7.59. The molecule has 170 valence electrons. The summed E-state index contributed by atoms with van der Waals surface area (Å²) >= 11 is 6.52. The van der Waals surface area contributed by atoms with Gasteiger partial charge in [-0.2, -0.15) is 10.2 Å². The van der Waals surface area contributed by atoms with Crippen molar-refractivity contribution in [2.45, 2.75) is 65.0 Å². The van der Waals surface area contributed by atoms with E-state index in [9.17, 15) is 4.79 Å². The maximum absolute atomic E-state index is 13.1. The summed E-state index contributed by atoms with van der Waals surface area (Å²) in [6, 6.07) is 2.31. The van der Waals surface area contributed by atoms with Crippen LogP contribution in [0, 0.1) is 17.3 Å². The average Bonchev–Trinajstić information content (AvgIpc) is 3.43. The van der Waals surface area contributed by atoms with Gasteiger partial charge in [-0.05, 0) is 43.1 Å². The van der Waals surface area contributed by atoms with Crippen molar-refractivity contribution in [3.8, 4) is 11.1 Å². The fourth-order valence-electron chi connectivity index (χ4n) is 5.65. The minimum absolute atomic E-state index is 0.00451. The summed E-state index contributed by atoms with van der Waals surface area (Å²) in [7, 11) is 2.03. The molecule has 8 heteroatoms. The van der Waals surface area contributed by atoms with Crippen molar-refractivity contribution < 1.29 is 4.79 Å². The number of hydrazone groups is 1. The van der Waals surface area contributed by atoms with Gasteiger partial charge in [-0.25, -0.2) is 4.98 Å². The fourth-order valence-corrected chi connectivity index (χ4v) is 5.85. The molecule has 4 heterocycles. The highest BCUT2D eigenvalue weighted by atomic mass is 35.5. The number of pyridine rings is 1. The highest BCUT2D eigenvalue weighted by molar-refractivity contribution is 6.33. The molecule has 2 aliphatic heterocycles. The second-order valence-corrected chi connectivity index (χ2v) is 10.7. The lowest BCUT2D eigenvalue weighted by Gasteiger charge is -2.34. The zero-order chi connectivity index (χ0) is 22.5. The monoisotopic (exact) mass is 454 g/mol. The molecule has 3 aliphatic rings. The number of fused-ring (bicyclic) bond motifs is 1. The van der Waals surface area contributed by atoms with E-state index < -0.39 is 0 Å². The molecule has 0 radical (unpaired) electrons. The van der Waals surface area contributed by atoms with E-state index in [0.29, 0.717) is 22.8 Å². The van der Waals surface area contributed by atoms with Crippen LogP contribution in [-0.2, 0) is 17.8 Å². The first-order valence-electron chi connectivity index (χ1n) is 11.6. The second-order valence-electron chi connectivity index (χ2n) is 10.3. The first-order valence-corrected chi connectivity index (χ1v) is 12.0. The Morgan fingerprint density at radius 1 is 1.25 bits per heavy atom. The van der Waals surface area contributed by atoms with Gasteiger partial charge in [0.2, 0.25) is 5.91 Å². The molecule has 0 aromatic carbocycles. The SMILES string of the molecule is CN1N=CCC1C1CCCC(C(=O)Nc2cc(-c3cnn4c3CC(C)(C)C4)c(Cl)cn2)C1. The normalized spacial score (nSPS) is 26.4. The van der Waals surface area contributed by atoms with Gasteiger partial charge in [0.05, 0.1) is 17.3 Å². The molecule has 5 rings (SSSR count). The lowest BCUT2D eigenvalue weighted by Crippen LogP contribution is -2.37. The molecule has 0 spiro atoms.